The fourth-order valence-corrected chi connectivity index (χ4v) is 4.57. The van der Waals surface area contributed by atoms with Crippen LogP contribution < -0.4 is 0 Å². The third kappa shape index (κ3) is 2.77. The molecule has 6 rings (SSSR count). The number of thiazole rings is 1. The van der Waals surface area contributed by atoms with Crippen LogP contribution in [0, 0.1) is 0 Å². The Morgan fingerprint density at radius 2 is 1.14 bits per heavy atom. The van der Waals surface area contributed by atoms with E-state index < -0.39 is 0 Å². The molecule has 0 unspecified atom stereocenters. The molecule has 0 N–H and O–H groups in total. The van der Waals surface area contributed by atoms with Gasteiger partial charge in [-0.2, -0.15) is 0 Å². The molecule has 0 bridgehead atoms. The van der Waals surface area contributed by atoms with Gasteiger partial charge in [0.25, 0.3) is 0 Å². The van der Waals surface area contributed by atoms with Gasteiger partial charge in [-0.15, -0.1) is 11.3 Å². The van der Waals surface area contributed by atoms with Crippen molar-refractivity contribution >= 4 is 43.4 Å². The normalized spacial score (nSPS) is 11.4. The minimum atomic E-state index is 0.887. The lowest BCUT2D eigenvalue weighted by molar-refractivity contribution is 1.35. The van der Waals surface area contributed by atoms with Crippen molar-refractivity contribution in [3.63, 3.8) is 0 Å². The van der Waals surface area contributed by atoms with Gasteiger partial charge in [0, 0.05) is 16.3 Å². The highest BCUT2D eigenvalue weighted by atomic mass is 32.1. The molecular weight excluding hydrogens is 374 g/mol. The molecular formula is C25H15N3S. The van der Waals surface area contributed by atoms with Crippen LogP contribution in [0.2, 0.25) is 0 Å². The van der Waals surface area contributed by atoms with E-state index in [0.717, 1.165) is 49.3 Å². The summed E-state index contributed by atoms with van der Waals surface area (Å²) in [5, 5.41) is 3.11. The average Bonchev–Trinajstić information content (AvgIpc) is 3.23. The summed E-state index contributed by atoms with van der Waals surface area (Å²) in [5.74, 6) is 0. The van der Waals surface area contributed by atoms with Gasteiger partial charge in [-0.1, -0.05) is 66.7 Å². The molecule has 29 heavy (non-hydrogen) atoms. The molecule has 3 nitrogen and oxygen atoms in total. The van der Waals surface area contributed by atoms with Crippen LogP contribution in [0.1, 0.15) is 0 Å². The Hall–Kier alpha value is -3.63. The molecule has 0 radical (unpaired) electrons. The van der Waals surface area contributed by atoms with Crippen molar-refractivity contribution in [3.8, 4) is 22.0 Å². The van der Waals surface area contributed by atoms with Gasteiger partial charge < -0.3 is 0 Å². The van der Waals surface area contributed by atoms with E-state index in [4.69, 9.17) is 15.0 Å². The first-order chi connectivity index (χ1) is 14.3. The van der Waals surface area contributed by atoms with Crippen LogP contribution in [0.5, 0.6) is 0 Å². The zero-order chi connectivity index (χ0) is 19.2. The molecule has 0 aliphatic rings. The van der Waals surface area contributed by atoms with Crippen molar-refractivity contribution in [1.82, 2.24) is 15.0 Å². The summed E-state index contributed by atoms with van der Waals surface area (Å²) in [7, 11) is 0. The van der Waals surface area contributed by atoms with Gasteiger partial charge in [0.1, 0.15) is 5.01 Å². The standard InChI is InChI=1S/C25H15N3S/c1-2-6-16(7-3-1)19-14-12-17-10-11-18-13-15-21(27-24(18)23(17)26-19)25-28-20-8-4-5-9-22(20)29-25/h1-15H. The zero-order valence-corrected chi connectivity index (χ0v) is 16.2. The second-order valence-corrected chi connectivity index (χ2v) is 7.99. The number of hydrogen-bond acceptors (Lipinski definition) is 4. The molecule has 6 aromatic rings. The van der Waals surface area contributed by atoms with Gasteiger partial charge >= 0.3 is 0 Å². The van der Waals surface area contributed by atoms with Crippen LogP contribution in [0.4, 0.5) is 0 Å². The summed E-state index contributed by atoms with van der Waals surface area (Å²) in [6.07, 6.45) is 0. The van der Waals surface area contributed by atoms with E-state index in [1.54, 1.807) is 11.3 Å². The molecule has 3 aromatic heterocycles. The van der Waals surface area contributed by atoms with Gasteiger partial charge in [0.15, 0.2) is 0 Å². The molecule has 0 amide bonds. The number of fused-ring (bicyclic) bond motifs is 4. The highest BCUT2D eigenvalue weighted by Gasteiger charge is 2.11. The Bertz CT molecular complexity index is 1470. The number of nitrogens with zero attached hydrogens (tertiary/aromatic N) is 3. The van der Waals surface area contributed by atoms with Crippen molar-refractivity contribution in [2.24, 2.45) is 0 Å². The molecule has 136 valence electrons. The van der Waals surface area contributed by atoms with Crippen LogP contribution in [0.25, 0.3) is 54.0 Å². The maximum atomic E-state index is 4.99. The number of hydrogen-bond donors (Lipinski definition) is 0. The topological polar surface area (TPSA) is 38.7 Å². The van der Waals surface area contributed by atoms with Gasteiger partial charge in [-0.3, -0.25) is 0 Å². The average molecular weight is 389 g/mol. The Labute approximate surface area is 171 Å². The molecule has 0 saturated heterocycles. The Kier molecular flexibility index (Phi) is 3.64. The highest BCUT2D eigenvalue weighted by molar-refractivity contribution is 7.21. The summed E-state index contributed by atoms with van der Waals surface area (Å²) in [4.78, 5) is 14.7. The first kappa shape index (κ1) is 16.3. The molecule has 0 spiro atoms. The van der Waals surface area contributed by atoms with Crippen LogP contribution >= 0.6 is 11.3 Å². The van der Waals surface area contributed by atoms with Crippen LogP contribution in [-0.4, -0.2) is 15.0 Å². The predicted octanol–water partition coefficient (Wildman–Crippen LogP) is 6.73. The van der Waals surface area contributed by atoms with E-state index in [0.29, 0.717) is 0 Å². The minimum Gasteiger partial charge on any atom is -0.245 e. The van der Waals surface area contributed by atoms with Crippen molar-refractivity contribution in [1.29, 1.82) is 0 Å². The van der Waals surface area contributed by atoms with Gasteiger partial charge in [-0.25, -0.2) is 15.0 Å². The van der Waals surface area contributed by atoms with Crippen molar-refractivity contribution in [3.05, 3.63) is 91.0 Å². The van der Waals surface area contributed by atoms with Gasteiger partial charge in [-0.05, 0) is 24.3 Å². The fraction of sp³-hybridized carbons (Fsp3) is 0. The molecule has 3 aromatic carbocycles. The number of aromatic nitrogens is 3. The summed E-state index contributed by atoms with van der Waals surface area (Å²) < 4.78 is 1.17. The Morgan fingerprint density at radius 3 is 1.90 bits per heavy atom. The lowest BCUT2D eigenvalue weighted by Gasteiger charge is -2.07. The lowest BCUT2D eigenvalue weighted by atomic mass is 10.1. The molecule has 0 aliphatic carbocycles. The third-order valence-corrected chi connectivity index (χ3v) is 6.16. The maximum Gasteiger partial charge on any atom is 0.143 e. The second-order valence-electron chi connectivity index (χ2n) is 6.95. The van der Waals surface area contributed by atoms with Crippen molar-refractivity contribution in [2.45, 2.75) is 0 Å². The van der Waals surface area contributed by atoms with E-state index in [1.807, 2.05) is 42.5 Å². The summed E-state index contributed by atoms with van der Waals surface area (Å²) in [6, 6.07) is 31.0. The summed E-state index contributed by atoms with van der Waals surface area (Å²) >= 11 is 1.67. The number of rotatable bonds is 2. The Balaban J connectivity index is 1.58. The van der Waals surface area contributed by atoms with Gasteiger partial charge in [0.05, 0.1) is 32.6 Å². The first-order valence-corrected chi connectivity index (χ1v) is 10.3. The molecule has 0 saturated carbocycles. The van der Waals surface area contributed by atoms with E-state index in [2.05, 4.69) is 48.5 Å². The summed E-state index contributed by atoms with van der Waals surface area (Å²) in [6.45, 7) is 0. The minimum absolute atomic E-state index is 0.887. The first-order valence-electron chi connectivity index (χ1n) is 9.47. The molecule has 0 aliphatic heterocycles. The second kappa shape index (κ2) is 6.47. The smallest absolute Gasteiger partial charge is 0.143 e. The highest BCUT2D eigenvalue weighted by Crippen LogP contribution is 2.32. The Morgan fingerprint density at radius 1 is 0.517 bits per heavy atom. The number of benzene rings is 3. The summed E-state index contributed by atoms with van der Waals surface area (Å²) in [5.41, 5.74) is 5.80. The van der Waals surface area contributed by atoms with Crippen LogP contribution in [0.15, 0.2) is 91.0 Å². The van der Waals surface area contributed by atoms with E-state index >= 15 is 0 Å². The van der Waals surface area contributed by atoms with Gasteiger partial charge in [0.2, 0.25) is 0 Å². The maximum absolute atomic E-state index is 4.99. The monoisotopic (exact) mass is 389 g/mol. The van der Waals surface area contributed by atoms with Crippen LogP contribution in [0.3, 0.4) is 0 Å². The van der Waals surface area contributed by atoms with Crippen molar-refractivity contribution in [2.75, 3.05) is 0 Å². The van der Waals surface area contributed by atoms with Crippen LogP contribution in [-0.2, 0) is 0 Å². The molecule has 0 fully saturated rings. The number of pyridine rings is 2. The zero-order valence-electron chi connectivity index (χ0n) is 15.4. The van der Waals surface area contributed by atoms with E-state index in [1.165, 1.54) is 4.70 Å². The number of para-hydroxylation sites is 1. The lowest BCUT2D eigenvalue weighted by Crippen LogP contribution is -1.90. The van der Waals surface area contributed by atoms with E-state index in [-0.39, 0.29) is 0 Å². The largest absolute Gasteiger partial charge is 0.245 e. The third-order valence-electron chi connectivity index (χ3n) is 5.10. The molecule has 0 atom stereocenters. The van der Waals surface area contributed by atoms with Crippen molar-refractivity contribution < 1.29 is 0 Å². The van der Waals surface area contributed by atoms with E-state index in [9.17, 15) is 0 Å². The fourth-order valence-electron chi connectivity index (χ4n) is 3.64. The predicted molar refractivity (Wildman–Crippen MR) is 121 cm³/mol. The molecule has 4 heteroatoms. The molecule has 3 heterocycles. The quantitative estimate of drug-likeness (QED) is 0.308. The SMILES string of the molecule is c1ccc(-c2ccc3ccc4ccc(-c5nc6ccccc6s5)nc4c3n2)cc1.